The normalized spacial score (nSPS) is 11.2. The van der Waals surface area contributed by atoms with Gasteiger partial charge in [-0.05, 0) is 49.2 Å². The van der Waals surface area contributed by atoms with Gasteiger partial charge < -0.3 is 0 Å². The minimum absolute atomic E-state index is 0.219. The molecule has 0 saturated carbocycles. The Bertz CT molecular complexity index is 1040. The molecule has 0 radical (unpaired) electrons. The third-order valence-electron chi connectivity index (χ3n) is 4.78. The zero-order chi connectivity index (χ0) is 22.6. The predicted octanol–water partition coefficient (Wildman–Crippen LogP) is 6.32. The number of hydrogen-bond donors (Lipinski definition) is 0. The lowest BCUT2D eigenvalue weighted by Crippen LogP contribution is -2.41. The maximum absolute atomic E-state index is 13.1. The fraction of sp³-hybridized carbons (Fsp3) is 0.231. The summed E-state index contributed by atoms with van der Waals surface area (Å²) >= 11 is 1.63. The average molecular weight is 448 g/mol. The van der Waals surface area contributed by atoms with E-state index in [0.717, 1.165) is 35.5 Å². The Hall–Kier alpha value is -3.25. The Morgan fingerprint density at radius 3 is 2.19 bits per heavy atom. The van der Waals surface area contributed by atoms with Crippen LogP contribution in [0.15, 0.2) is 100 Å². The van der Waals surface area contributed by atoms with Crippen LogP contribution in [0.5, 0.6) is 0 Å². The second-order valence-corrected chi connectivity index (χ2v) is 8.40. The number of oxime groups is 1. The fourth-order valence-electron chi connectivity index (χ4n) is 3.05. The van der Waals surface area contributed by atoms with E-state index < -0.39 is 6.09 Å². The van der Waals surface area contributed by atoms with Gasteiger partial charge in [0.2, 0.25) is 5.78 Å². The highest BCUT2D eigenvalue weighted by Crippen LogP contribution is 2.27. The molecule has 1 aromatic heterocycles. The molecule has 0 bridgehead atoms. The topological polar surface area (TPSA) is 59.6 Å². The van der Waals surface area contributed by atoms with Gasteiger partial charge in [0, 0.05) is 27.5 Å². The highest BCUT2D eigenvalue weighted by molar-refractivity contribution is 7.99. The van der Waals surface area contributed by atoms with Crippen molar-refractivity contribution < 1.29 is 19.0 Å². The molecule has 1 heterocycles. The van der Waals surface area contributed by atoms with Crippen molar-refractivity contribution in [2.24, 2.45) is 5.16 Å². The van der Waals surface area contributed by atoms with E-state index in [2.05, 4.69) is 12.1 Å². The average Bonchev–Trinajstić information content (AvgIpc) is 2.84. The number of hydrogen-bond acceptors (Lipinski definition) is 5. The van der Waals surface area contributed by atoms with Gasteiger partial charge in [-0.15, -0.1) is 0 Å². The molecular formula is C26H27N2O3S+. The molecule has 5 nitrogen and oxygen atoms in total. The molecule has 0 aliphatic carbocycles. The number of rotatable bonds is 10. The Morgan fingerprint density at radius 1 is 0.844 bits per heavy atom. The Morgan fingerprint density at radius 2 is 1.50 bits per heavy atom. The van der Waals surface area contributed by atoms with Crippen LogP contribution in [0.2, 0.25) is 0 Å². The molecule has 6 heteroatoms. The molecule has 0 saturated heterocycles. The summed E-state index contributed by atoms with van der Waals surface area (Å²) in [5.74, 6) is -0.219. The number of benzene rings is 2. The maximum Gasteiger partial charge on any atom is 0.628 e. The van der Waals surface area contributed by atoms with Crippen LogP contribution in [0.1, 0.15) is 49.4 Å². The highest BCUT2D eigenvalue weighted by atomic mass is 32.2. The van der Waals surface area contributed by atoms with Crippen molar-refractivity contribution in [3.8, 4) is 0 Å². The van der Waals surface area contributed by atoms with Crippen LogP contribution in [0.25, 0.3) is 0 Å². The van der Waals surface area contributed by atoms with Gasteiger partial charge in [0.25, 0.3) is 0 Å². The molecule has 0 spiro atoms. The van der Waals surface area contributed by atoms with E-state index in [1.54, 1.807) is 54.5 Å². The first-order valence-corrected chi connectivity index (χ1v) is 11.6. The van der Waals surface area contributed by atoms with Crippen LogP contribution >= 0.6 is 11.8 Å². The number of aromatic nitrogens is 1. The first-order valence-electron chi connectivity index (χ1n) is 10.8. The van der Waals surface area contributed by atoms with E-state index in [0.29, 0.717) is 12.0 Å². The third kappa shape index (κ3) is 7.17. The van der Waals surface area contributed by atoms with Gasteiger partial charge in [-0.3, -0.25) is 9.63 Å². The van der Waals surface area contributed by atoms with Crippen LogP contribution in [0, 0.1) is 0 Å². The summed E-state index contributed by atoms with van der Waals surface area (Å²) in [4.78, 5) is 32.6. The van der Waals surface area contributed by atoms with Crippen molar-refractivity contribution in [1.29, 1.82) is 0 Å². The van der Waals surface area contributed by atoms with Gasteiger partial charge in [0.15, 0.2) is 12.4 Å². The molecule has 0 unspecified atom stereocenters. The molecule has 0 atom stereocenters. The van der Waals surface area contributed by atoms with Gasteiger partial charge in [-0.2, -0.15) is 4.79 Å². The fourth-order valence-corrected chi connectivity index (χ4v) is 3.88. The summed E-state index contributed by atoms with van der Waals surface area (Å²) in [6.07, 6.45) is 6.96. The van der Waals surface area contributed by atoms with E-state index in [1.165, 1.54) is 4.57 Å². The molecule has 3 rings (SSSR count). The van der Waals surface area contributed by atoms with Gasteiger partial charge in [-0.1, -0.05) is 71.9 Å². The largest absolute Gasteiger partial charge is 0.628 e. The molecular weight excluding hydrogens is 420 g/mol. The predicted molar refractivity (Wildman–Crippen MR) is 126 cm³/mol. The summed E-state index contributed by atoms with van der Waals surface area (Å²) in [6.45, 7) is 2.13. The maximum atomic E-state index is 13.1. The van der Waals surface area contributed by atoms with E-state index in [4.69, 9.17) is 4.84 Å². The highest BCUT2D eigenvalue weighted by Gasteiger charge is 2.19. The quantitative estimate of drug-likeness (QED) is 0.0911. The third-order valence-corrected chi connectivity index (χ3v) is 5.80. The minimum atomic E-state index is -0.654. The summed E-state index contributed by atoms with van der Waals surface area (Å²) in [7, 11) is 0. The lowest BCUT2D eigenvalue weighted by atomic mass is 10.0. The van der Waals surface area contributed by atoms with Gasteiger partial charge in [0.1, 0.15) is 5.71 Å². The first kappa shape index (κ1) is 23.4. The molecule has 2 aromatic carbocycles. The van der Waals surface area contributed by atoms with Crippen molar-refractivity contribution in [3.63, 3.8) is 0 Å². The first-order chi connectivity index (χ1) is 15.7. The molecule has 3 aromatic rings. The summed E-state index contributed by atoms with van der Waals surface area (Å²) in [5.41, 5.74) is 0.787. The van der Waals surface area contributed by atoms with Crippen molar-refractivity contribution in [1.82, 2.24) is 0 Å². The standard InChI is InChI=1S/C26H27N2O3S/c1-2-3-4-9-14-24(27-31-26(30)28-19-10-6-11-20-28)25(29)21-15-17-23(18-16-21)32-22-12-7-5-8-13-22/h5-8,10-13,15-20H,2-4,9,14H2,1H3/q+1/b27-24-. The molecule has 0 N–H and O–H groups in total. The van der Waals surface area contributed by atoms with Crippen molar-refractivity contribution in [2.75, 3.05) is 0 Å². The van der Waals surface area contributed by atoms with E-state index in [1.807, 2.05) is 42.5 Å². The van der Waals surface area contributed by atoms with E-state index in [-0.39, 0.29) is 11.5 Å². The molecule has 0 aliphatic rings. The number of carbonyl (C=O) groups is 2. The molecule has 0 fully saturated rings. The Labute approximate surface area is 193 Å². The molecule has 0 aliphatic heterocycles. The Kier molecular flexibility index (Phi) is 9.20. The molecule has 164 valence electrons. The number of ketones is 1. The zero-order valence-corrected chi connectivity index (χ0v) is 19.0. The van der Waals surface area contributed by atoms with Crippen LogP contribution < -0.4 is 4.57 Å². The number of Topliss-reactive ketones (excluding diaryl/α,β-unsaturated/α-hetero) is 1. The minimum Gasteiger partial charge on any atom is -0.287 e. The number of nitrogens with zero attached hydrogens (tertiary/aromatic N) is 2. The molecule has 0 amide bonds. The lowest BCUT2D eigenvalue weighted by Gasteiger charge is -2.06. The lowest BCUT2D eigenvalue weighted by molar-refractivity contribution is -0.586. The second kappa shape index (κ2) is 12.6. The van der Waals surface area contributed by atoms with E-state index >= 15 is 0 Å². The second-order valence-electron chi connectivity index (χ2n) is 7.26. The van der Waals surface area contributed by atoms with Gasteiger partial charge >= 0.3 is 6.09 Å². The van der Waals surface area contributed by atoms with Crippen LogP contribution in [0.3, 0.4) is 0 Å². The monoisotopic (exact) mass is 447 g/mol. The van der Waals surface area contributed by atoms with Crippen LogP contribution in [0.4, 0.5) is 4.79 Å². The van der Waals surface area contributed by atoms with Crippen molar-refractivity contribution in [3.05, 3.63) is 90.8 Å². The smallest absolute Gasteiger partial charge is 0.287 e. The Balaban J connectivity index is 1.71. The van der Waals surface area contributed by atoms with Gasteiger partial charge in [0.05, 0.1) is 0 Å². The summed E-state index contributed by atoms with van der Waals surface area (Å²) in [6, 6.07) is 22.7. The summed E-state index contributed by atoms with van der Waals surface area (Å²) < 4.78 is 1.28. The molecule has 32 heavy (non-hydrogen) atoms. The number of pyridine rings is 1. The summed E-state index contributed by atoms with van der Waals surface area (Å²) in [5, 5.41) is 3.96. The SMILES string of the molecule is CCCCCC/C(=N/OC(=O)[n+]1ccccc1)C(=O)c1ccc(Sc2ccccc2)cc1. The number of unbranched alkanes of at least 4 members (excludes halogenated alkanes) is 3. The number of carbonyl (C=O) groups excluding carboxylic acids is 2. The van der Waals surface area contributed by atoms with Crippen molar-refractivity contribution in [2.45, 2.75) is 48.8 Å². The zero-order valence-electron chi connectivity index (χ0n) is 18.1. The van der Waals surface area contributed by atoms with Crippen molar-refractivity contribution >= 4 is 29.4 Å². The van der Waals surface area contributed by atoms with Crippen LogP contribution in [-0.2, 0) is 4.84 Å². The van der Waals surface area contributed by atoms with E-state index in [9.17, 15) is 9.59 Å². The van der Waals surface area contributed by atoms with Gasteiger partial charge in [-0.25, -0.2) is 0 Å². The van der Waals surface area contributed by atoms with Crippen LogP contribution in [-0.4, -0.2) is 17.6 Å².